The van der Waals surface area contributed by atoms with Gasteiger partial charge in [-0.1, -0.05) is 51.1 Å². The molecular formula is C15H20N2O. The van der Waals surface area contributed by atoms with E-state index in [4.69, 9.17) is 0 Å². The number of rotatable bonds is 2. The maximum absolute atomic E-state index is 10.3. The van der Waals surface area contributed by atoms with Crippen molar-refractivity contribution in [1.82, 2.24) is 9.78 Å². The van der Waals surface area contributed by atoms with Crippen molar-refractivity contribution in [2.75, 3.05) is 0 Å². The van der Waals surface area contributed by atoms with Crippen molar-refractivity contribution in [1.29, 1.82) is 0 Å². The lowest BCUT2D eigenvalue weighted by atomic mass is 9.85. The third-order valence-electron chi connectivity index (χ3n) is 3.02. The van der Waals surface area contributed by atoms with Crippen LogP contribution in [0.25, 0.3) is 11.3 Å². The van der Waals surface area contributed by atoms with Crippen LogP contribution >= 0.6 is 0 Å². The van der Waals surface area contributed by atoms with Gasteiger partial charge in [0, 0.05) is 17.7 Å². The van der Waals surface area contributed by atoms with Gasteiger partial charge < -0.3 is 5.11 Å². The monoisotopic (exact) mass is 244 g/mol. The molecule has 0 saturated heterocycles. The molecule has 1 aromatic heterocycles. The zero-order valence-corrected chi connectivity index (χ0v) is 11.4. The van der Waals surface area contributed by atoms with E-state index in [-0.39, 0.29) is 11.3 Å². The fourth-order valence-corrected chi connectivity index (χ4v) is 2.16. The molecule has 0 unspecified atom stereocenters. The molecule has 0 spiro atoms. The lowest BCUT2D eigenvalue weighted by Crippen LogP contribution is -2.12. The molecule has 3 heteroatoms. The highest BCUT2D eigenvalue weighted by atomic mass is 16.3. The first kappa shape index (κ1) is 12.7. The lowest BCUT2D eigenvalue weighted by molar-refractivity contribution is 0.389. The smallest absolute Gasteiger partial charge is 0.213 e. The van der Waals surface area contributed by atoms with Crippen LogP contribution in [0.4, 0.5) is 0 Å². The van der Waals surface area contributed by atoms with Crippen molar-refractivity contribution in [2.45, 2.75) is 39.7 Å². The van der Waals surface area contributed by atoms with Crippen LogP contribution in [0.5, 0.6) is 5.88 Å². The van der Waals surface area contributed by atoms with Crippen LogP contribution in [0.1, 0.15) is 33.3 Å². The number of aromatic hydroxyl groups is 1. The van der Waals surface area contributed by atoms with E-state index in [1.165, 1.54) is 0 Å². The van der Waals surface area contributed by atoms with Crippen LogP contribution in [-0.4, -0.2) is 14.9 Å². The third-order valence-corrected chi connectivity index (χ3v) is 3.02. The van der Waals surface area contributed by atoms with E-state index in [1.54, 1.807) is 4.68 Å². The Labute approximate surface area is 108 Å². The fraction of sp³-hybridized carbons (Fsp3) is 0.400. The Bertz CT molecular complexity index is 536. The van der Waals surface area contributed by atoms with Gasteiger partial charge in [-0.15, -0.1) is 0 Å². The van der Waals surface area contributed by atoms with Gasteiger partial charge >= 0.3 is 0 Å². The molecule has 0 aliphatic heterocycles. The van der Waals surface area contributed by atoms with E-state index in [0.717, 1.165) is 16.8 Å². The Kier molecular flexibility index (Phi) is 3.16. The van der Waals surface area contributed by atoms with Crippen LogP contribution in [0.15, 0.2) is 30.3 Å². The average Bonchev–Trinajstić information content (AvgIpc) is 2.67. The minimum absolute atomic E-state index is 0.136. The van der Waals surface area contributed by atoms with Crippen LogP contribution in [0, 0.1) is 0 Å². The zero-order valence-electron chi connectivity index (χ0n) is 11.4. The van der Waals surface area contributed by atoms with Crippen molar-refractivity contribution >= 4 is 0 Å². The molecule has 3 nitrogen and oxygen atoms in total. The van der Waals surface area contributed by atoms with E-state index < -0.39 is 0 Å². The standard InChI is InChI=1S/C15H20N2O/c1-5-17-14(18)12(15(2,3)4)13(16-17)11-9-7-6-8-10-11/h6-10,18H,5H2,1-4H3. The second-order valence-corrected chi connectivity index (χ2v) is 5.48. The first-order valence-corrected chi connectivity index (χ1v) is 6.30. The number of hydrogen-bond acceptors (Lipinski definition) is 2. The molecule has 1 N–H and O–H groups in total. The van der Waals surface area contributed by atoms with E-state index >= 15 is 0 Å². The molecule has 0 saturated carbocycles. The van der Waals surface area contributed by atoms with Gasteiger partial charge in [-0.05, 0) is 12.3 Å². The van der Waals surface area contributed by atoms with Crippen LogP contribution in [-0.2, 0) is 12.0 Å². The highest BCUT2D eigenvalue weighted by Crippen LogP contribution is 2.38. The molecule has 2 aromatic rings. The normalized spacial score (nSPS) is 11.8. The molecule has 0 aliphatic rings. The zero-order chi connectivity index (χ0) is 13.3. The molecule has 0 radical (unpaired) electrons. The molecule has 1 aromatic carbocycles. The Hall–Kier alpha value is -1.77. The second kappa shape index (κ2) is 4.48. The highest BCUT2D eigenvalue weighted by molar-refractivity contribution is 5.66. The van der Waals surface area contributed by atoms with Crippen LogP contribution in [0.2, 0.25) is 0 Å². The van der Waals surface area contributed by atoms with E-state index in [0.29, 0.717) is 6.54 Å². The topological polar surface area (TPSA) is 38.0 Å². The van der Waals surface area contributed by atoms with Crippen LogP contribution in [0.3, 0.4) is 0 Å². The quantitative estimate of drug-likeness (QED) is 0.877. The Morgan fingerprint density at radius 3 is 2.28 bits per heavy atom. The van der Waals surface area contributed by atoms with Crippen molar-refractivity contribution in [3.8, 4) is 17.1 Å². The molecule has 18 heavy (non-hydrogen) atoms. The van der Waals surface area contributed by atoms with Gasteiger partial charge in [-0.3, -0.25) is 0 Å². The van der Waals surface area contributed by atoms with Crippen LogP contribution < -0.4 is 0 Å². The SMILES string of the molecule is CCn1nc(-c2ccccc2)c(C(C)(C)C)c1O. The molecule has 96 valence electrons. The van der Waals surface area contributed by atoms with Gasteiger partial charge in [-0.2, -0.15) is 5.10 Å². The average molecular weight is 244 g/mol. The minimum Gasteiger partial charge on any atom is -0.493 e. The van der Waals surface area contributed by atoms with Gasteiger partial charge in [-0.25, -0.2) is 4.68 Å². The van der Waals surface area contributed by atoms with E-state index in [2.05, 4.69) is 25.9 Å². The summed E-state index contributed by atoms with van der Waals surface area (Å²) in [5.74, 6) is 0.281. The summed E-state index contributed by atoms with van der Waals surface area (Å²) in [6.45, 7) is 8.93. The van der Waals surface area contributed by atoms with E-state index in [1.807, 2.05) is 37.3 Å². The maximum atomic E-state index is 10.3. The summed E-state index contributed by atoms with van der Waals surface area (Å²) in [7, 11) is 0. The summed E-state index contributed by atoms with van der Waals surface area (Å²) in [4.78, 5) is 0. The number of benzene rings is 1. The Morgan fingerprint density at radius 2 is 1.78 bits per heavy atom. The lowest BCUT2D eigenvalue weighted by Gasteiger charge is -2.19. The van der Waals surface area contributed by atoms with Gasteiger partial charge in [0.25, 0.3) is 0 Å². The maximum Gasteiger partial charge on any atom is 0.213 e. The summed E-state index contributed by atoms with van der Waals surface area (Å²) in [5.41, 5.74) is 2.70. The van der Waals surface area contributed by atoms with E-state index in [9.17, 15) is 5.11 Å². The number of aryl methyl sites for hydroxylation is 1. The molecule has 0 atom stereocenters. The summed E-state index contributed by atoms with van der Waals surface area (Å²) in [6.07, 6.45) is 0. The molecule has 1 heterocycles. The first-order valence-electron chi connectivity index (χ1n) is 6.30. The summed E-state index contributed by atoms with van der Waals surface area (Å²) in [6, 6.07) is 10.0. The predicted molar refractivity (Wildman–Crippen MR) is 73.7 cm³/mol. The summed E-state index contributed by atoms with van der Waals surface area (Å²) >= 11 is 0. The number of hydrogen-bond donors (Lipinski definition) is 1. The van der Waals surface area contributed by atoms with Crippen molar-refractivity contribution in [3.05, 3.63) is 35.9 Å². The fourth-order valence-electron chi connectivity index (χ4n) is 2.16. The molecule has 0 fully saturated rings. The Morgan fingerprint density at radius 1 is 1.17 bits per heavy atom. The highest BCUT2D eigenvalue weighted by Gasteiger charge is 2.27. The second-order valence-electron chi connectivity index (χ2n) is 5.48. The summed E-state index contributed by atoms with van der Waals surface area (Å²) < 4.78 is 1.66. The van der Waals surface area contributed by atoms with Gasteiger partial charge in [0.2, 0.25) is 5.88 Å². The van der Waals surface area contributed by atoms with Crippen molar-refractivity contribution in [2.24, 2.45) is 0 Å². The molecular weight excluding hydrogens is 224 g/mol. The van der Waals surface area contributed by atoms with Gasteiger partial charge in [0.15, 0.2) is 0 Å². The minimum atomic E-state index is -0.136. The molecule has 0 aliphatic carbocycles. The van der Waals surface area contributed by atoms with Crippen molar-refractivity contribution in [3.63, 3.8) is 0 Å². The predicted octanol–water partition coefficient (Wildman–Crippen LogP) is 3.57. The molecule has 0 amide bonds. The Balaban J connectivity index is 2.68. The van der Waals surface area contributed by atoms with Gasteiger partial charge in [0.1, 0.15) is 0 Å². The third kappa shape index (κ3) is 2.13. The molecule has 2 rings (SSSR count). The molecule has 0 bridgehead atoms. The number of nitrogens with zero attached hydrogens (tertiary/aromatic N) is 2. The number of aromatic nitrogens is 2. The first-order chi connectivity index (χ1) is 8.45. The van der Waals surface area contributed by atoms with Crippen molar-refractivity contribution < 1.29 is 5.11 Å². The largest absolute Gasteiger partial charge is 0.493 e. The summed E-state index contributed by atoms with van der Waals surface area (Å²) in [5, 5.41) is 14.8. The van der Waals surface area contributed by atoms with Gasteiger partial charge in [0.05, 0.1) is 5.69 Å².